The number of hydrogen-bond donors (Lipinski definition) is 8. The van der Waals surface area contributed by atoms with Gasteiger partial charge in [-0.1, -0.05) is 94.9 Å². The molecule has 0 aliphatic carbocycles. The minimum atomic E-state index is -1.93. The number of aromatic amines is 2. The second kappa shape index (κ2) is 46.2. The maximum absolute atomic E-state index is 13.2. The van der Waals surface area contributed by atoms with Gasteiger partial charge in [0, 0.05) is 165 Å². The highest BCUT2D eigenvalue weighted by Crippen LogP contribution is 2.34. The van der Waals surface area contributed by atoms with Crippen LogP contribution >= 0.6 is 47.8 Å². The Labute approximate surface area is 804 Å². The molecule has 0 radical (unpaired) electrons. The molecule has 0 unspecified atom stereocenters. The summed E-state index contributed by atoms with van der Waals surface area (Å²) in [5.41, 5.74) is 2.73. The number of methoxy groups -OCH3 is 3. The zero-order valence-corrected chi connectivity index (χ0v) is 85.5. The molecule has 3 fully saturated rings. The average Bonchev–Trinajstić information content (AvgIpc) is 1.60. The van der Waals surface area contributed by atoms with Gasteiger partial charge in [-0.25, -0.2) is 24.4 Å². The Morgan fingerprint density at radius 3 is 1.27 bits per heavy atom. The highest BCUT2D eigenvalue weighted by Gasteiger charge is 2.55. The van der Waals surface area contributed by atoms with Crippen molar-refractivity contribution < 1.29 is 85.8 Å². The summed E-state index contributed by atoms with van der Waals surface area (Å²) in [7, 11) is 1.25. The highest BCUT2D eigenvalue weighted by atomic mass is 79.9. The van der Waals surface area contributed by atoms with Crippen molar-refractivity contribution in [2.24, 2.45) is 0 Å². The maximum Gasteiger partial charge on any atom is 0.323 e. The average molecular weight is 2080 g/mol. The molecule has 3 saturated heterocycles. The Balaban J connectivity index is 0.000000189. The van der Waals surface area contributed by atoms with E-state index < -0.39 is 82.4 Å². The summed E-state index contributed by atoms with van der Waals surface area (Å²) < 4.78 is 47.3. The van der Waals surface area contributed by atoms with Gasteiger partial charge < -0.3 is 78.5 Å². The van der Waals surface area contributed by atoms with E-state index >= 15 is 0 Å². The lowest BCUT2D eigenvalue weighted by atomic mass is 9.89. The predicted octanol–water partition coefficient (Wildman–Crippen LogP) is 11.1. The molecular weight excluding hydrogens is 1970 g/mol. The number of hydrogen-bond acceptors (Lipinski definition) is 23. The molecule has 8 N–H and O–H groups in total. The van der Waals surface area contributed by atoms with E-state index in [2.05, 4.69) is 176 Å². The number of carbonyl (C=O) groups excluding carboxylic acids is 10. The van der Waals surface area contributed by atoms with E-state index in [0.717, 1.165) is 78.1 Å². The second-order valence-electron chi connectivity index (χ2n) is 35.9. The van der Waals surface area contributed by atoms with Crippen molar-refractivity contribution in [1.82, 2.24) is 71.1 Å². The second-order valence-corrected chi connectivity index (χ2v) is 55.5. The largest absolute Gasteiger partial charge is 0.497 e. The van der Waals surface area contributed by atoms with Gasteiger partial charge in [0.2, 0.25) is 17.3 Å². The number of nitrogens with zero attached hydrogens (tertiary/aromatic N) is 6. The third kappa shape index (κ3) is 28.9. The number of carbonyl (C=O) groups is 10. The zero-order valence-electron chi connectivity index (χ0n) is 77.8. The molecule has 3 atom stereocenters. The molecule has 14 rings (SSSR count). The van der Waals surface area contributed by atoms with Crippen molar-refractivity contribution in [3.05, 3.63) is 233 Å². The molecule has 6 aliphatic heterocycles. The smallest absolute Gasteiger partial charge is 0.323 e. The number of aromatic nitrogens is 5. The fourth-order valence-electron chi connectivity index (χ4n) is 13.8. The summed E-state index contributed by atoms with van der Waals surface area (Å²) in [6.07, 6.45) is 13.2. The number of pyridine rings is 5. The normalized spacial score (nSPS) is 17.2. The Kier molecular flexibility index (Phi) is 36.3. The van der Waals surface area contributed by atoms with Gasteiger partial charge in [-0.15, -0.1) is 6.42 Å². The number of halogens is 3. The molecule has 0 spiro atoms. The van der Waals surface area contributed by atoms with Crippen LogP contribution in [0.25, 0.3) is 0 Å². The number of Topliss-reactive ketones (excluding diaryl/α,β-unsaturated/α-hetero) is 1. The number of ether oxygens (including phenoxy) is 8. The number of urea groups is 3. The van der Waals surface area contributed by atoms with Crippen molar-refractivity contribution in [1.29, 1.82) is 0 Å². The van der Waals surface area contributed by atoms with Crippen LogP contribution in [0, 0.1) is 58.8 Å². The standard InChI is InChI=1S/C27H32N4O6Si.C21H20N4O6.C15H13N3O4.2C12H20BrNO2Si.C6H6BrNO/c1-18-12-19(14-31(23(18)32)17-37-10-11-38(3,4)5)8-9-27(25(34)28-26(35)29-27)16-30-15-20-6-7-21(36-2)13-22(20)24(30)33;1-11-5-12(8-22-17(11)27)6-16(26)21(19(29)23-20(30)24-21)10-25-9-13-3-4-14(31-2)7-15(13)18(25)28;1-3-15(13(20)16-14(21)17-15)8-18-7-9-4-5-10(22-2)6-11(9)12(18)19;2*1-10-7-11(13)8-14-12(10)16-9-15-5-6-17(2,3)4;1-4-2-5(7)3-8-6(4)9/h6-7,12-14H,10-11,15-17H2,1-5H3,(H2,28,29,34,35);3-5,7-8H,6,9-10H2,1-2H3,(H,22,27)(H2,23,24,29,30);1,4-6H,7-8H2,2H3,(H2,16,17,20,21);2*7-8H,5-6,9H2,1-4H3;2-3H,1H3,(H,8,9)/t27-;21-;15-;;;/m101.../s1. The molecule has 134 heavy (non-hydrogen) atoms. The van der Waals surface area contributed by atoms with E-state index in [9.17, 15) is 62.3 Å². The number of benzene rings is 3. The first-order valence-corrected chi connectivity index (χ1v) is 55.9. The Morgan fingerprint density at radius 2 is 0.881 bits per heavy atom. The van der Waals surface area contributed by atoms with Crippen LogP contribution in [0.4, 0.5) is 14.4 Å². The molecule has 41 heteroatoms. The lowest BCUT2D eigenvalue weighted by molar-refractivity contribution is -0.135. The van der Waals surface area contributed by atoms with Crippen molar-refractivity contribution in [3.8, 4) is 53.2 Å². The van der Waals surface area contributed by atoms with E-state index in [1.54, 1.807) is 118 Å². The molecule has 12 amide bonds. The molecule has 8 aromatic rings. The molecule has 0 bridgehead atoms. The summed E-state index contributed by atoms with van der Waals surface area (Å²) in [4.78, 5) is 177. The molecule has 0 saturated carbocycles. The number of fused-ring (bicyclic) bond motifs is 3. The van der Waals surface area contributed by atoms with Gasteiger partial charge in [-0.2, -0.15) is 0 Å². The molecule has 3 aromatic carbocycles. The van der Waals surface area contributed by atoms with Crippen LogP contribution in [0.2, 0.25) is 77.1 Å². The van der Waals surface area contributed by atoms with Crippen LogP contribution in [0.15, 0.2) is 144 Å². The van der Waals surface area contributed by atoms with Gasteiger partial charge in [-0.3, -0.25) is 68.5 Å². The van der Waals surface area contributed by atoms with Gasteiger partial charge in [0.25, 0.3) is 52.1 Å². The van der Waals surface area contributed by atoms with E-state index in [-0.39, 0.29) is 93.9 Å². The van der Waals surface area contributed by atoms with Crippen LogP contribution in [0.5, 0.6) is 29.0 Å². The van der Waals surface area contributed by atoms with E-state index in [1.165, 1.54) is 46.8 Å². The van der Waals surface area contributed by atoms with E-state index in [4.69, 9.17) is 44.3 Å². The quantitative estimate of drug-likeness (QED) is 0.00539. The SMILES string of the molecule is C#C[C@]1(CN2Cc3ccc(OC)cc3C2=O)NC(=O)NC1=O.COc1ccc2c(c1)C(=O)N(C[C@@]1(C#Cc3cc(C)c(=O)n(COCC[Si](C)(C)C)c3)NC(=O)NC1=O)C2.COc1ccc2c(c1)C(=O)N(C[C@@]1(C(=O)Cc3c[nH]c(=O)c(C)c3)NC(=O)NC1=O)C2.Cc1cc(Br)c[nH]c1=O.Cc1cc(Br)cnc1OCOCC[Si](C)(C)C.Cc1cc(Br)cnc1OCOCC[Si](C)(C)C. The van der Waals surface area contributed by atoms with Crippen LogP contribution in [-0.4, -0.2) is 214 Å². The lowest BCUT2D eigenvalue weighted by Crippen LogP contribution is -2.61. The monoisotopic (exact) mass is 2080 g/mol. The minimum Gasteiger partial charge on any atom is -0.497 e. The number of terminal acetylenes is 1. The fourth-order valence-corrected chi connectivity index (χ4v) is 17.4. The number of aryl methyl sites for hydroxylation is 5. The summed E-state index contributed by atoms with van der Waals surface area (Å²) in [5.74, 6) is 7.46. The van der Waals surface area contributed by atoms with Crippen molar-refractivity contribution in [2.45, 2.75) is 161 Å². The predicted molar refractivity (Wildman–Crippen MR) is 519 cm³/mol. The number of rotatable bonds is 29. The van der Waals surface area contributed by atoms with Gasteiger partial charge >= 0.3 is 18.1 Å². The first-order chi connectivity index (χ1) is 63.1. The zero-order chi connectivity index (χ0) is 98.5. The van der Waals surface area contributed by atoms with Gasteiger partial charge in [-0.05, 0) is 190 Å². The first kappa shape index (κ1) is 105. The topological polar surface area (TPSA) is 440 Å². The van der Waals surface area contributed by atoms with Crippen molar-refractivity contribution >= 4 is 131 Å². The maximum atomic E-state index is 13.2. The Hall–Kier alpha value is -12.2. The fraction of sp³-hybridized carbons (Fsp3) is 0.387. The molecule has 5 aromatic heterocycles. The van der Waals surface area contributed by atoms with Crippen molar-refractivity contribution in [2.75, 3.05) is 74.4 Å². The minimum absolute atomic E-state index is 0.0294. The van der Waals surface area contributed by atoms with Crippen LogP contribution < -0.4 is 72.3 Å². The number of amides is 12. The van der Waals surface area contributed by atoms with Crippen LogP contribution in [-0.2, 0) is 66.2 Å². The first-order valence-electron chi connectivity index (χ1n) is 42.4. The van der Waals surface area contributed by atoms with Gasteiger partial charge in [0.1, 0.15) is 24.0 Å². The Bertz CT molecular complexity index is 6030. The molecule has 6 aliphatic rings. The molecule has 11 heterocycles. The molecule has 35 nitrogen and oxygen atoms in total. The highest BCUT2D eigenvalue weighted by molar-refractivity contribution is 9.11. The van der Waals surface area contributed by atoms with Crippen LogP contribution in [0.1, 0.15) is 86.7 Å². The Morgan fingerprint density at radius 1 is 0.478 bits per heavy atom. The van der Waals surface area contributed by atoms with Gasteiger partial charge in [0.15, 0.2) is 30.4 Å². The molecule has 712 valence electrons. The van der Waals surface area contributed by atoms with Crippen LogP contribution in [0.3, 0.4) is 0 Å². The number of H-pyrrole nitrogens is 2. The van der Waals surface area contributed by atoms with Gasteiger partial charge in [0.05, 0.1) is 41.0 Å². The number of ketones is 1. The lowest BCUT2D eigenvalue weighted by Gasteiger charge is -2.29. The summed E-state index contributed by atoms with van der Waals surface area (Å²) in [6, 6.07) is 25.5. The third-order valence-corrected chi connectivity index (χ3v) is 27.9. The number of imide groups is 3. The van der Waals surface area contributed by atoms with E-state index in [0.29, 0.717) is 81.1 Å². The summed E-state index contributed by atoms with van der Waals surface area (Å²) in [5, 5.41) is 13.9. The van der Waals surface area contributed by atoms with E-state index in [1.807, 2.05) is 26.0 Å². The molecular formula is C93H111Br3N14O21Si3. The summed E-state index contributed by atoms with van der Waals surface area (Å²) >= 11 is 9.96. The van der Waals surface area contributed by atoms with Crippen molar-refractivity contribution in [3.63, 3.8) is 0 Å². The third-order valence-electron chi connectivity index (χ3n) is 21.4. The number of nitrogens with one attached hydrogen (secondary N) is 8. The summed E-state index contributed by atoms with van der Waals surface area (Å²) in [6.45, 7) is 32.7.